The highest BCUT2D eigenvalue weighted by Gasteiger charge is 2.39. The number of hydrogen-bond donors (Lipinski definition) is 4. The number of amides is 4. The van der Waals surface area contributed by atoms with Gasteiger partial charge in [0.15, 0.2) is 5.96 Å². The van der Waals surface area contributed by atoms with Gasteiger partial charge in [0.2, 0.25) is 5.91 Å². The molecule has 4 amide bonds. The number of guanidine groups is 1. The minimum absolute atomic E-state index is 0.0829. The molecule has 44 heavy (non-hydrogen) atoms. The van der Waals surface area contributed by atoms with Gasteiger partial charge in [-0.15, -0.1) is 0 Å². The van der Waals surface area contributed by atoms with E-state index in [9.17, 15) is 24.0 Å². The molecule has 238 valence electrons. The van der Waals surface area contributed by atoms with Crippen LogP contribution in [-0.2, 0) is 30.5 Å². The maximum Gasteiger partial charge on any atom is 0.414 e. The SMILES string of the molecule is CC(C)(C)OC(=O)N[C@@H](C(=O)N1CCC[C@H]1C(=O)N[C@H](C=O)CCCN=C(N)NC(=O)OCc1ccccc1)c1ccsc1. The number of nitrogens with two attached hydrogens (primary N) is 1. The first-order valence-electron chi connectivity index (χ1n) is 14.3. The number of aliphatic imine (C=N–C) groups is 1. The van der Waals surface area contributed by atoms with Crippen molar-refractivity contribution in [3.8, 4) is 0 Å². The summed E-state index contributed by atoms with van der Waals surface area (Å²) in [5.74, 6) is -1.02. The minimum Gasteiger partial charge on any atom is -0.444 e. The molecule has 1 aromatic heterocycles. The predicted octanol–water partition coefficient (Wildman–Crippen LogP) is 3.01. The Morgan fingerprint density at radius 3 is 2.55 bits per heavy atom. The van der Waals surface area contributed by atoms with Crippen LogP contribution in [0.1, 0.15) is 63.6 Å². The summed E-state index contributed by atoms with van der Waals surface area (Å²) in [5, 5.41) is 11.2. The fraction of sp³-hybridized carbons (Fsp3) is 0.467. The molecule has 13 nitrogen and oxygen atoms in total. The van der Waals surface area contributed by atoms with Crippen molar-refractivity contribution in [2.24, 2.45) is 10.7 Å². The number of alkyl carbamates (subject to hydrolysis) is 2. The first kappa shape index (κ1) is 34.0. The van der Waals surface area contributed by atoms with Gasteiger partial charge in [0, 0.05) is 13.1 Å². The lowest BCUT2D eigenvalue weighted by Crippen LogP contribution is -2.52. The van der Waals surface area contributed by atoms with E-state index in [1.165, 1.54) is 16.2 Å². The lowest BCUT2D eigenvalue weighted by atomic mass is 10.1. The van der Waals surface area contributed by atoms with Crippen LogP contribution in [0.3, 0.4) is 0 Å². The second-order valence-corrected chi connectivity index (χ2v) is 12.0. The van der Waals surface area contributed by atoms with Crippen LogP contribution >= 0.6 is 11.3 Å². The average molecular weight is 629 g/mol. The Morgan fingerprint density at radius 2 is 1.89 bits per heavy atom. The topological polar surface area (TPSA) is 182 Å². The Balaban J connectivity index is 1.49. The maximum atomic E-state index is 13.6. The molecule has 0 aliphatic carbocycles. The Hall–Kier alpha value is -4.46. The van der Waals surface area contributed by atoms with Gasteiger partial charge >= 0.3 is 12.2 Å². The molecular formula is C30H40N6O7S. The zero-order valence-corrected chi connectivity index (χ0v) is 25.9. The molecule has 2 heterocycles. The van der Waals surface area contributed by atoms with Crippen molar-refractivity contribution in [3.05, 3.63) is 58.3 Å². The van der Waals surface area contributed by atoms with Gasteiger partial charge in [0.1, 0.15) is 30.6 Å². The summed E-state index contributed by atoms with van der Waals surface area (Å²) in [6.45, 7) is 5.77. The summed E-state index contributed by atoms with van der Waals surface area (Å²) in [7, 11) is 0. The van der Waals surface area contributed by atoms with E-state index >= 15 is 0 Å². The number of hydrogen-bond acceptors (Lipinski definition) is 9. The second-order valence-electron chi connectivity index (χ2n) is 11.2. The third kappa shape index (κ3) is 11.0. The van der Waals surface area contributed by atoms with Crippen molar-refractivity contribution in [2.45, 2.75) is 76.8 Å². The van der Waals surface area contributed by atoms with Crippen LogP contribution in [0.5, 0.6) is 0 Å². The third-order valence-corrected chi connectivity index (χ3v) is 7.21. The van der Waals surface area contributed by atoms with E-state index in [-0.39, 0.29) is 25.5 Å². The van der Waals surface area contributed by atoms with Crippen molar-refractivity contribution in [1.29, 1.82) is 0 Å². The number of thiophene rings is 1. The summed E-state index contributed by atoms with van der Waals surface area (Å²) < 4.78 is 10.4. The van der Waals surface area contributed by atoms with Gasteiger partial charge in [-0.05, 0) is 74.4 Å². The monoisotopic (exact) mass is 628 g/mol. The van der Waals surface area contributed by atoms with Gasteiger partial charge in [-0.1, -0.05) is 30.3 Å². The predicted molar refractivity (Wildman–Crippen MR) is 165 cm³/mol. The number of ether oxygens (including phenoxy) is 2. The molecule has 0 radical (unpaired) electrons. The normalized spacial score (nSPS) is 16.4. The molecule has 5 N–H and O–H groups in total. The number of benzene rings is 1. The van der Waals surface area contributed by atoms with Crippen molar-refractivity contribution in [2.75, 3.05) is 13.1 Å². The highest BCUT2D eigenvalue weighted by molar-refractivity contribution is 7.08. The van der Waals surface area contributed by atoms with Gasteiger partial charge in [0.25, 0.3) is 5.91 Å². The van der Waals surface area contributed by atoms with E-state index in [4.69, 9.17) is 15.2 Å². The Bertz CT molecular complexity index is 1300. The Labute approximate surface area is 260 Å². The highest BCUT2D eigenvalue weighted by atomic mass is 32.1. The van der Waals surface area contributed by atoms with Crippen LogP contribution in [0.2, 0.25) is 0 Å². The first-order valence-corrected chi connectivity index (χ1v) is 15.3. The van der Waals surface area contributed by atoms with E-state index < -0.39 is 47.7 Å². The van der Waals surface area contributed by atoms with Gasteiger partial charge < -0.3 is 35.5 Å². The van der Waals surface area contributed by atoms with Crippen molar-refractivity contribution in [3.63, 3.8) is 0 Å². The molecule has 1 fully saturated rings. The fourth-order valence-electron chi connectivity index (χ4n) is 4.49. The van der Waals surface area contributed by atoms with E-state index in [0.29, 0.717) is 37.7 Å². The third-order valence-electron chi connectivity index (χ3n) is 6.51. The standard InChI is InChI=1S/C30H40N6O7S/c1-30(2,3)43-29(41)34-24(21-13-16-44-19-21)26(39)36-15-8-12-23(36)25(38)33-22(17-37)11-7-14-32-27(31)35-28(40)42-18-20-9-5-4-6-10-20/h4-6,9-10,13,16-17,19,22-24H,7-8,11-12,14-15,18H2,1-3H3,(H,33,38)(H,34,41)(H3,31,32,35,40)/t22-,23-,24+/m0/s1. The van der Waals surface area contributed by atoms with Gasteiger partial charge in [-0.2, -0.15) is 11.3 Å². The number of carbonyl (C=O) groups excluding carboxylic acids is 5. The van der Waals surface area contributed by atoms with Crippen LogP contribution in [0.15, 0.2) is 52.2 Å². The summed E-state index contributed by atoms with van der Waals surface area (Å²) in [6.07, 6.45) is 0.800. The molecular weight excluding hydrogens is 588 g/mol. The summed E-state index contributed by atoms with van der Waals surface area (Å²) in [5.41, 5.74) is 6.40. The molecule has 0 unspecified atom stereocenters. The van der Waals surface area contributed by atoms with Gasteiger partial charge in [-0.3, -0.25) is 19.9 Å². The van der Waals surface area contributed by atoms with Crippen molar-refractivity contribution >= 4 is 47.6 Å². The largest absolute Gasteiger partial charge is 0.444 e. The van der Waals surface area contributed by atoms with Crippen LogP contribution in [0.25, 0.3) is 0 Å². The zero-order valence-electron chi connectivity index (χ0n) is 25.1. The molecule has 0 saturated carbocycles. The zero-order chi connectivity index (χ0) is 32.1. The molecule has 1 saturated heterocycles. The Morgan fingerprint density at radius 1 is 1.14 bits per heavy atom. The molecule has 2 aromatic rings. The number of rotatable bonds is 12. The molecule has 14 heteroatoms. The number of likely N-dealkylation sites (tertiary alicyclic amines) is 1. The van der Waals surface area contributed by atoms with Gasteiger partial charge in [-0.25, -0.2) is 9.59 Å². The fourth-order valence-corrected chi connectivity index (χ4v) is 5.17. The number of nitrogens with one attached hydrogen (secondary N) is 3. The quantitative estimate of drug-likeness (QED) is 0.120. The second kappa shape index (κ2) is 16.4. The average Bonchev–Trinajstić information content (AvgIpc) is 3.69. The molecule has 1 aliphatic heterocycles. The molecule has 0 spiro atoms. The smallest absolute Gasteiger partial charge is 0.414 e. The van der Waals surface area contributed by atoms with Crippen molar-refractivity contribution in [1.82, 2.24) is 20.9 Å². The lowest BCUT2D eigenvalue weighted by Gasteiger charge is -2.29. The molecule has 0 bridgehead atoms. The number of aldehydes is 1. The highest BCUT2D eigenvalue weighted by Crippen LogP contribution is 2.26. The molecule has 3 atom stereocenters. The summed E-state index contributed by atoms with van der Waals surface area (Å²) in [6, 6.07) is 8.25. The Kier molecular flexibility index (Phi) is 12.7. The van der Waals surface area contributed by atoms with Crippen LogP contribution in [0, 0.1) is 0 Å². The minimum atomic E-state index is -1.03. The molecule has 3 rings (SSSR count). The number of carbonyl (C=O) groups is 5. The maximum absolute atomic E-state index is 13.6. The van der Waals surface area contributed by atoms with Gasteiger partial charge in [0.05, 0.1) is 6.04 Å². The first-order chi connectivity index (χ1) is 21.0. The van der Waals surface area contributed by atoms with Crippen LogP contribution < -0.4 is 21.7 Å². The van der Waals surface area contributed by atoms with E-state index in [2.05, 4.69) is 20.9 Å². The van der Waals surface area contributed by atoms with E-state index in [1.807, 2.05) is 30.3 Å². The summed E-state index contributed by atoms with van der Waals surface area (Å²) >= 11 is 1.38. The lowest BCUT2D eigenvalue weighted by molar-refractivity contribution is -0.140. The van der Waals surface area contributed by atoms with E-state index in [0.717, 1.165) is 5.56 Å². The van der Waals surface area contributed by atoms with Crippen LogP contribution in [-0.4, -0.2) is 71.9 Å². The van der Waals surface area contributed by atoms with E-state index in [1.54, 1.807) is 37.6 Å². The number of nitrogens with zero attached hydrogens (tertiary/aromatic N) is 2. The molecule has 1 aromatic carbocycles. The van der Waals surface area contributed by atoms with Crippen LogP contribution in [0.4, 0.5) is 9.59 Å². The van der Waals surface area contributed by atoms with Crippen molar-refractivity contribution < 1.29 is 33.4 Å². The molecule has 1 aliphatic rings. The summed E-state index contributed by atoms with van der Waals surface area (Å²) in [4.78, 5) is 68.5.